The lowest BCUT2D eigenvalue weighted by molar-refractivity contribution is -0.132. The monoisotopic (exact) mass is 502 g/mol. The number of anilines is 2. The first kappa shape index (κ1) is 24.4. The Bertz CT molecular complexity index is 1390. The predicted octanol–water partition coefficient (Wildman–Crippen LogP) is 6.78. The standard InChI is InChI=1S/C28H34N6OS/c1-4-6-19(5-2)18(3)13-26(35)34-11-9-20(10-12-34)24-15-22-27(29-16-30-28(22)33-24)32-21-7-8-23-25(14-21)36-17-31-23/h7-9,14-19H,4-6,10-13H2,1-3H3,(H2,29,30,32,33)/t18-,19?/m1/s1. The Morgan fingerprint density at radius 3 is 2.89 bits per heavy atom. The molecule has 1 aliphatic heterocycles. The Kier molecular flexibility index (Phi) is 7.32. The van der Waals surface area contributed by atoms with E-state index in [1.54, 1.807) is 17.7 Å². The molecule has 36 heavy (non-hydrogen) atoms. The van der Waals surface area contributed by atoms with Gasteiger partial charge < -0.3 is 15.2 Å². The zero-order valence-corrected chi connectivity index (χ0v) is 22.1. The van der Waals surface area contributed by atoms with Crippen molar-refractivity contribution in [3.8, 4) is 0 Å². The van der Waals surface area contributed by atoms with Crippen molar-refractivity contribution in [3.63, 3.8) is 0 Å². The largest absolute Gasteiger partial charge is 0.340 e. The van der Waals surface area contributed by atoms with Crippen LogP contribution in [0.1, 0.15) is 58.6 Å². The second-order valence-corrected chi connectivity index (χ2v) is 10.7. The van der Waals surface area contributed by atoms with Gasteiger partial charge in [-0.3, -0.25) is 4.79 Å². The third-order valence-corrected chi connectivity index (χ3v) is 8.20. The van der Waals surface area contributed by atoms with E-state index in [-0.39, 0.29) is 5.91 Å². The lowest BCUT2D eigenvalue weighted by Gasteiger charge is -2.29. The molecule has 0 bridgehead atoms. The van der Waals surface area contributed by atoms with Crippen LogP contribution in [0, 0.1) is 11.8 Å². The van der Waals surface area contributed by atoms with Gasteiger partial charge in [0.05, 0.1) is 21.1 Å². The molecule has 4 heterocycles. The average Bonchev–Trinajstić information content (AvgIpc) is 3.54. The summed E-state index contributed by atoms with van der Waals surface area (Å²) in [7, 11) is 0. The Morgan fingerprint density at radius 2 is 2.11 bits per heavy atom. The third-order valence-electron chi connectivity index (χ3n) is 7.41. The summed E-state index contributed by atoms with van der Waals surface area (Å²) in [6.07, 6.45) is 8.76. The SMILES string of the molecule is CCCC(CC)[C@H](C)CC(=O)N1CC=C(c2cc3c(Nc4ccc5ncsc5c4)ncnc3[nH]2)CC1. The molecule has 7 nitrogen and oxygen atoms in total. The average molecular weight is 503 g/mol. The molecule has 1 amide bonds. The van der Waals surface area contributed by atoms with Gasteiger partial charge in [-0.05, 0) is 48.1 Å². The van der Waals surface area contributed by atoms with Crippen molar-refractivity contribution >= 4 is 55.6 Å². The number of amides is 1. The number of hydrogen-bond donors (Lipinski definition) is 2. The van der Waals surface area contributed by atoms with E-state index in [4.69, 9.17) is 0 Å². The number of nitrogens with one attached hydrogen (secondary N) is 2. The number of fused-ring (bicyclic) bond motifs is 2. The lowest BCUT2D eigenvalue weighted by Crippen LogP contribution is -2.36. The maximum atomic E-state index is 13.0. The molecular weight excluding hydrogens is 468 g/mol. The summed E-state index contributed by atoms with van der Waals surface area (Å²) in [6.45, 7) is 8.11. The number of rotatable bonds is 9. The number of carbonyl (C=O) groups excluding carboxylic acids is 1. The number of aromatic nitrogens is 4. The van der Waals surface area contributed by atoms with Gasteiger partial charge in [-0.15, -0.1) is 11.3 Å². The maximum Gasteiger partial charge on any atom is 0.223 e. The first-order chi connectivity index (χ1) is 17.6. The van der Waals surface area contributed by atoms with Crippen molar-refractivity contribution in [2.24, 2.45) is 11.8 Å². The molecular formula is C28H34N6OS. The number of aromatic amines is 1. The molecule has 0 saturated heterocycles. The molecule has 188 valence electrons. The van der Waals surface area contributed by atoms with E-state index in [0.717, 1.165) is 57.8 Å². The van der Waals surface area contributed by atoms with Crippen molar-refractivity contribution in [1.82, 2.24) is 24.8 Å². The second kappa shape index (κ2) is 10.8. The van der Waals surface area contributed by atoms with Gasteiger partial charge in [0.2, 0.25) is 5.91 Å². The fourth-order valence-electron chi connectivity index (χ4n) is 5.26. The molecule has 0 saturated carbocycles. The summed E-state index contributed by atoms with van der Waals surface area (Å²) < 4.78 is 1.14. The molecule has 1 unspecified atom stereocenters. The van der Waals surface area contributed by atoms with E-state index in [1.807, 2.05) is 22.5 Å². The minimum atomic E-state index is 0.277. The quantitative estimate of drug-likeness (QED) is 0.263. The highest BCUT2D eigenvalue weighted by molar-refractivity contribution is 7.16. The topological polar surface area (TPSA) is 86.8 Å². The van der Waals surface area contributed by atoms with Crippen LogP contribution in [0.3, 0.4) is 0 Å². The first-order valence-electron chi connectivity index (χ1n) is 13.0. The Morgan fingerprint density at radius 1 is 1.22 bits per heavy atom. The molecule has 1 aliphatic rings. The zero-order valence-electron chi connectivity index (χ0n) is 21.3. The highest BCUT2D eigenvalue weighted by Crippen LogP contribution is 2.31. The highest BCUT2D eigenvalue weighted by atomic mass is 32.1. The van der Waals surface area contributed by atoms with E-state index in [1.165, 1.54) is 18.4 Å². The second-order valence-electron chi connectivity index (χ2n) is 9.78. The lowest BCUT2D eigenvalue weighted by atomic mass is 9.85. The molecule has 1 aromatic carbocycles. The molecule has 2 atom stereocenters. The maximum absolute atomic E-state index is 13.0. The minimum Gasteiger partial charge on any atom is -0.340 e. The van der Waals surface area contributed by atoms with Gasteiger partial charge in [0, 0.05) is 30.9 Å². The van der Waals surface area contributed by atoms with E-state index < -0.39 is 0 Å². The number of hydrogen-bond acceptors (Lipinski definition) is 6. The fraction of sp³-hybridized carbons (Fsp3) is 0.429. The van der Waals surface area contributed by atoms with Crippen LogP contribution in [-0.4, -0.2) is 43.8 Å². The first-order valence-corrected chi connectivity index (χ1v) is 13.8. The Hall–Kier alpha value is -3.26. The van der Waals surface area contributed by atoms with Crippen molar-refractivity contribution in [2.75, 3.05) is 18.4 Å². The smallest absolute Gasteiger partial charge is 0.223 e. The summed E-state index contributed by atoms with van der Waals surface area (Å²) in [5.41, 5.74) is 6.90. The molecule has 3 aromatic heterocycles. The summed E-state index contributed by atoms with van der Waals surface area (Å²) >= 11 is 1.62. The van der Waals surface area contributed by atoms with E-state index >= 15 is 0 Å². The fourth-order valence-corrected chi connectivity index (χ4v) is 5.97. The molecule has 5 rings (SSSR count). The number of H-pyrrole nitrogens is 1. The van der Waals surface area contributed by atoms with Crippen molar-refractivity contribution < 1.29 is 4.79 Å². The number of benzene rings is 1. The highest BCUT2D eigenvalue weighted by Gasteiger charge is 2.24. The summed E-state index contributed by atoms with van der Waals surface area (Å²) in [5, 5.41) is 4.39. The molecule has 0 aliphatic carbocycles. The van der Waals surface area contributed by atoms with E-state index in [0.29, 0.717) is 24.8 Å². The van der Waals surface area contributed by atoms with Gasteiger partial charge in [0.1, 0.15) is 17.8 Å². The van der Waals surface area contributed by atoms with Crippen LogP contribution >= 0.6 is 11.3 Å². The van der Waals surface area contributed by atoms with Crippen molar-refractivity contribution in [3.05, 3.63) is 47.9 Å². The normalized spacial score (nSPS) is 15.8. The zero-order chi connectivity index (χ0) is 25.1. The van der Waals surface area contributed by atoms with Crippen LogP contribution in [0.2, 0.25) is 0 Å². The molecule has 0 radical (unpaired) electrons. The van der Waals surface area contributed by atoms with Crippen LogP contribution in [0.5, 0.6) is 0 Å². The molecule has 4 aromatic rings. The van der Waals surface area contributed by atoms with Gasteiger partial charge in [0.15, 0.2) is 0 Å². The molecule has 8 heteroatoms. The third kappa shape index (κ3) is 5.14. The number of nitrogens with zero attached hydrogens (tertiary/aromatic N) is 4. The van der Waals surface area contributed by atoms with Gasteiger partial charge in [-0.2, -0.15) is 0 Å². The van der Waals surface area contributed by atoms with Gasteiger partial charge >= 0.3 is 0 Å². The van der Waals surface area contributed by atoms with Gasteiger partial charge in [-0.1, -0.05) is 46.1 Å². The van der Waals surface area contributed by atoms with E-state index in [2.05, 4.69) is 64.2 Å². The summed E-state index contributed by atoms with van der Waals surface area (Å²) in [5.74, 6) is 2.11. The van der Waals surface area contributed by atoms with Gasteiger partial charge in [-0.25, -0.2) is 15.0 Å². The van der Waals surface area contributed by atoms with Crippen LogP contribution in [0.4, 0.5) is 11.5 Å². The Labute approximate surface area is 216 Å². The van der Waals surface area contributed by atoms with Crippen molar-refractivity contribution in [1.29, 1.82) is 0 Å². The van der Waals surface area contributed by atoms with Crippen LogP contribution in [0.25, 0.3) is 26.8 Å². The predicted molar refractivity (Wildman–Crippen MR) is 148 cm³/mol. The van der Waals surface area contributed by atoms with E-state index in [9.17, 15) is 4.79 Å². The van der Waals surface area contributed by atoms with Crippen LogP contribution in [0.15, 0.2) is 42.2 Å². The van der Waals surface area contributed by atoms with Crippen LogP contribution < -0.4 is 5.32 Å². The minimum absolute atomic E-state index is 0.277. The van der Waals surface area contributed by atoms with Crippen molar-refractivity contribution in [2.45, 2.75) is 52.9 Å². The molecule has 2 N–H and O–H groups in total. The number of thiazole rings is 1. The van der Waals surface area contributed by atoms with Gasteiger partial charge in [0.25, 0.3) is 0 Å². The summed E-state index contributed by atoms with van der Waals surface area (Å²) in [6, 6.07) is 8.24. The summed E-state index contributed by atoms with van der Waals surface area (Å²) in [4.78, 5) is 31.7. The Balaban J connectivity index is 1.28. The molecule has 0 spiro atoms. The molecule has 0 fully saturated rings. The number of carbonyl (C=O) groups is 1. The van der Waals surface area contributed by atoms with Crippen LogP contribution in [-0.2, 0) is 4.79 Å².